The highest BCUT2D eigenvalue weighted by atomic mass is 35.5. The molecule has 2 nitrogen and oxygen atoms in total. The minimum absolute atomic E-state index is 0.0565. The first-order valence-electron chi connectivity index (χ1n) is 4.51. The summed E-state index contributed by atoms with van der Waals surface area (Å²) in [6.07, 6.45) is 0. The van der Waals surface area contributed by atoms with Crippen molar-refractivity contribution >= 4 is 44.8 Å². The summed E-state index contributed by atoms with van der Waals surface area (Å²) >= 11 is 13.3. The van der Waals surface area contributed by atoms with Gasteiger partial charge in [-0.25, -0.2) is 9.97 Å². The van der Waals surface area contributed by atoms with Crippen LogP contribution in [-0.2, 0) is 5.41 Å². The van der Waals surface area contributed by atoms with E-state index in [1.54, 1.807) is 0 Å². The summed E-state index contributed by atoms with van der Waals surface area (Å²) in [4.78, 5) is 8.44. The number of nitrogens with zero attached hydrogens (tertiary/aromatic N) is 2. The van der Waals surface area contributed by atoms with E-state index in [0.29, 0.717) is 4.34 Å². The maximum absolute atomic E-state index is 5.97. The van der Waals surface area contributed by atoms with Gasteiger partial charge in [-0.1, -0.05) is 32.4 Å². The molecule has 0 spiro atoms. The number of thiophene rings is 1. The molecule has 0 atom stereocenters. The average molecular weight is 261 g/mol. The molecule has 0 aliphatic carbocycles. The Kier molecular flexibility index (Phi) is 2.65. The molecule has 0 unspecified atom stereocenters. The minimum Gasteiger partial charge on any atom is -0.221 e. The summed E-state index contributed by atoms with van der Waals surface area (Å²) < 4.78 is 1.74. The van der Waals surface area contributed by atoms with Crippen LogP contribution in [-0.4, -0.2) is 9.97 Å². The fourth-order valence-corrected chi connectivity index (χ4v) is 2.91. The normalized spacial score (nSPS) is 12.3. The quantitative estimate of drug-likeness (QED) is 0.661. The topological polar surface area (TPSA) is 25.8 Å². The van der Waals surface area contributed by atoms with Crippen LogP contribution in [0.15, 0.2) is 6.07 Å². The maximum Gasteiger partial charge on any atom is 0.223 e. The Morgan fingerprint density at radius 3 is 2.47 bits per heavy atom. The molecule has 5 heteroatoms. The van der Waals surface area contributed by atoms with Gasteiger partial charge >= 0.3 is 0 Å². The van der Waals surface area contributed by atoms with Crippen LogP contribution in [0.4, 0.5) is 0 Å². The Bertz CT molecular complexity index is 514. The zero-order chi connectivity index (χ0) is 11.2. The Morgan fingerprint density at radius 1 is 1.20 bits per heavy atom. The van der Waals surface area contributed by atoms with Crippen molar-refractivity contribution in [3.63, 3.8) is 0 Å². The lowest BCUT2D eigenvalue weighted by Gasteiger charge is -2.18. The molecule has 2 rings (SSSR count). The van der Waals surface area contributed by atoms with E-state index in [0.717, 1.165) is 15.9 Å². The van der Waals surface area contributed by atoms with Crippen LogP contribution < -0.4 is 0 Å². The van der Waals surface area contributed by atoms with Crippen LogP contribution in [0.2, 0.25) is 9.62 Å². The number of fused-ring (bicyclic) bond motifs is 1. The molecule has 0 saturated heterocycles. The fraction of sp³-hybridized carbons (Fsp3) is 0.400. The van der Waals surface area contributed by atoms with E-state index < -0.39 is 0 Å². The van der Waals surface area contributed by atoms with Gasteiger partial charge < -0.3 is 0 Å². The molecular formula is C10H10Cl2N2S. The van der Waals surface area contributed by atoms with Crippen LogP contribution in [0.1, 0.15) is 26.5 Å². The third kappa shape index (κ3) is 2.10. The van der Waals surface area contributed by atoms with Gasteiger partial charge in [-0.15, -0.1) is 11.3 Å². The van der Waals surface area contributed by atoms with Gasteiger partial charge in [-0.05, 0) is 17.7 Å². The number of aromatic nitrogens is 2. The summed E-state index contributed by atoms with van der Waals surface area (Å²) in [6.45, 7) is 6.29. The third-order valence-corrected chi connectivity index (χ3v) is 3.45. The molecule has 0 fully saturated rings. The number of rotatable bonds is 0. The Hall–Kier alpha value is -0.380. The van der Waals surface area contributed by atoms with Crippen molar-refractivity contribution in [3.8, 4) is 0 Å². The first-order chi connectivity index (χ1) is 6.88. The van der Waals surface area contributed by atoms with Gasteiger partial charge in [0.15, 0.2) is 0 Å². The van der Waals surface area contributed by atoms with Gasteiger partial charge in [0.05, 0.1) is 20.2 Å². The van der Waals surface area contributed by atoms with Crippen molar-refractivity contribution in [1.82, 2.24) is 9.97 Å². The first-order valence-corrected chi connectivity index (χ1v) is 6.08. The van der Waals surface area contributed by atoms with Crippen molar-refractivity contribution in [1.29, 1.82) is 0 Å². The van der Waals surface area contributed by atoms with E-state index in [1.165, 1.54) is 11.3 Å². The van der Waals surface area contributed by atoms with Crippen LogP contribution >= 0.6 is 34.5 Å². The predicted molar refractivity (Wildman–Crippen MR) is 66.1 cm³/mol. The highest BCUT2D eigenvalue weighted by Gasteiger charge is 2.21. The molecule has 2 heterocycles. The second-order valence-electron chi connectivity index (χ2n) is 4.36. The highest BCUT2D eigenvalue weighted by Crippen LogP contribution is 2.35. The van der Waals surface area contributed by atoms with Gasteiger partial charge in [0.1, 0.15) is 0 Å². The SMILES string of the molecule is CC(C)(C)c1nc(Cl)nc2cc(Cl)sc12. The molecule has 0 aliphatic rings. The fourth-order valence-electron chi connectivity index (χ4n) is 1.38. The summed E-state index contributed by atoms with van der Waals surface area (Å²) in [6, 6.07) is 1.82. The third-order valence-electron chi connectivity index (χ3n) is 2.02. The standard InChI is InChI=1S/C10H10Cl2N2S/c1-10(2,3)8-7-5(4-6(11)15-7)13-9(12)14-8/h4H,1-3H3. The van der Waals surface area contributed by atoms with Crippen LogP contribution in [0.3, 0.4) is 0 Å². The second kappa shape index (κ2) is 3.58. The molecule has 80 valence electrons. The molecule has 0 amide bonds. The average Bonchev–Trinajstić information content (AvgIpc) is 2.41. The summed E-state index contributed by atoms with van der Waals surface area (Å²) in [5.74, 6) is 0. The van der Waals surface area contributed by atoms with Crippen LogP contribution in [0, 0.1) is 0 Å². The van der Waals surface area contributed by atoms with Crippen LogP contribution in [0.25, 0.3) is 10.2 Å². The summed E-state index contributed by atoms with van der Waals surface area (Å²) in [5.41, 5.74) is 1.73. The maximum atomic E-state index is 5.97. The van der Waals surface area contributed by atoms with Crippen molar-refractivity contribution < 1.29 is 0 Å². The molecule has 2 aromatic rings. The highest BCUT2D eigenvalue weighted by molar-refractivity contribution is 7.22. The van der Waals surface area contributed by atoms with E-state index >= 15 is 0 Å². The van der Waals surface area contributed by atoms with E-state index in [-0.39, 0.29) is 10.7 Å². The number of hydrogen-bond acceptors (Lipinski definition) is 3. The molecule has 15 heavy (non-hydrogen) atoms. The van der Waals surface area contributed by atoms with Crippen molar-refractivity contribution in [2.45, 2.75) is 26.2 Å². The number of halogens is 2. The van der Waals surface area contributed by atoms with Gasteiger partial charge in [-0.3, -0.25) is 0 Å². The van der Waals surface area contributed by atoms with Crippen LogP contribution in [0.5, 0.6) is 0 Å². The summed E-state index contributed by atoms with van der Waals surface area (Å²) in [5, 5.41) is 0.280. The molecular weight excluding hydrogens is 251 g/mol. The van der Waals surface area contributed by atoms with Gasteiger partial charge in [0.25, 0.3) is 0 Å². The lowest BCUT2D eigenvalue weighted by Crippen LogP contribution is -2.14. The second-order valence-corrected chi connectivity index (χ2v) is 6.38. The van der Waals surface area contributed by atoms with E-state index in [4.69, 9.17) is 23.2 Å². The first kappa shape index (κ1) is 11.1. The predicted octanol–water partition coefficient (Wildman–Crippen LogP) is 4.30. The van der Waals surface area contributed by atoms with Crippen molar-refractivity contribution in [2.75, 3.05) is 0 Å². The van der Waals surface area contributed by atoms with E-state index in [1.807, 2.05) is 6.07 Å². The zero-order valence-corrected chi connectivity index (χ0v) is 11.0. The molecule has 0 aliphatic heterocycles. The van der Waals surface area contributed by atoms with E-state index in [2.05, 4.69) is 30.7 Å². The van der Waals surface area contributed by atoms with Gasteiger partial charge in [0.2, 0.25) is 5.28 Å². The summed E-state index contributed by atoms with van der Waals surface area (Å²) in [7, 11) is 0. The Morgan fingerprint density at radius 2 is 1.87 bits per heavy atom. The Balaban J connectivity index is 2.82. The number of hydrogen-bond donors (Lipinski definition) is 0. The van der Waals surface area contributed by atoms with Crippen molar-refractivity contribution in [3.05, 3.63) is 21.4 Å². The van der Waals surface area contributed by atoms with Gasteiger partial charge in [-0.2, -0.15) is 0 Å². The minimum atomic E-state index is -0.0565. The smallest absolute Gasteiger partial charge is 0.221 e. The lowest BCUT2D eigenvalue weighted by molar-refractivity contribution is 0.575. The molecule has 0 radical (unpaired) electrons. The molecule has 0 saturated carbocycles. The zero-order valence-electron chi connectivity index (χ0n) is 8.64. The molecule has 0 bridgehead atoms. The van der Waals surface area contributed by atoms with E-state index in [9.17, 15) is 0 Å². The van der Waals surface area contributed by atoms with Crippen molar-refractivity contribution in [2.24, 2.45) is 0 Å². The Labute approximate surface area is 102 Å². The largest absolute Gasteiger partial charge is 0.223 e. The van der Waals surface area contributed by atoms with Gasteiger partial charge in [0, 0.05) is 5.41 Å². The molecule has 0 N–H and O–H groups in total. The lowest BCUT2D eigenvalue weighted by atomic mass is 9.92. The molecule has 2 aromatic heterocycles. The molecule has 0 aromatic carbocycles. The monoisotopic (exact) mass is 260 g/mol.